The Balaban J connectivity index is 1.72. The number of carbonyl (C=O) groups excluding carboxylic acids is 1. The number of carbonyl (C=O) groups is 1. The number of aromatic amines is 1. The maximum absolute atomic E-state index is 15.3. The minimum atomic E-state index is -0.927. The number of halogens is 1. The van der Waals surface area contributed by atoms with E-state index in [-0.39, 0.29) is 11.7 Å². The lowest BCUT2D eigenvalue weighted by Gasteiger charge is -2.37. The Bertz CT molecular complexity index is 1180. The van der Waals surface area contributed by atoms with Gasteiger partial charge >= 0.3 is 0 Å². The van der Waals surface area contributed by atoms with Gasteiger partial charge in [0.1, 0.15) is 12.1 Å². The lowest BCUT2D eigenvalue weighted by Crippen LogP contribution is -2.48. The zero-order valence-electron chi connectivity index (χ0n) is 20.4. The summed E-state index contributed by atoms with van der Waals surface area (Å²) in [5, 5.41) is 14.5. The molecule has 4 rings (SSSR count). The Morgan fingerprint density at radius 3 is 2.74 bits per heavy atom. The first-order chi connectivity index (χ1) is 16.3. The van der Waals surface area contributed by atoms with Crippen molar-refractivity contribution in [3.05, 3.63) is 65.3 Å². The molecule has 0 radical (unpaired) electrons. The molecule has 1 atom stereocenters. The molecule has 0 aliphatic carbocycles. The highest BCUT2D eigenvalue weighted by molar-refractivity contribution is 6.27. The summed E-state index contributed by atoms with van der Waals surface area (Å²) in [6, 6.07) is 7.29. The van der Waals surface area contributed by atoms with Crippen LogP contribution >= 0.6 is 0 Å². The summed E-state index contributed by atoms with van der Waals surface area (Å²) in [6.07, 6.45) is 7.79. The molecule has 0 saturated carbocycles. The van der Waals surface area contributed by atoms with Gasteiger partial charge in [-0.15, -0.1) is 0 Å². The van der Waals surface area contributed by atoms with E-state index in [1.165, 1.54) is 6.33 Å². The number of aryl methyl sites for hydroxylation is 1. The van der Waals surface area contributed by atoms with Crippen LogP contribution in [0.25, 0.3) is 11.1 Å². The molecule has 1 aliphatic heterocycles. The molecule has 3 aromatic rings. The van der Waals surface area contributed by atoms with Gasteiger partial charge in [-0.3, -0.25) is 14.6 Å². The Labute approximate surface area is 199 Å². The number of benzene rings is 1. The highest BCUT2D eigenvalue weighted by Gasteiger charge is 2.41. The van der Waals surface area contributed by atoms with Crippen molar-refractivity contribution in [2.24, 2.45) is 5.92 Å². The number of H-pyrrole nitrogens is 1. The molecule has 2 aromatic heterocycles. The van der Waals surface area contributed by atoms with Gasteiger partial charge in [0.2, 0.25) is 0 Å². The van der Waals surface area contributed by atoms with Crippen molar-refractivity contribution in [1.29, 1.82) is 0 Å². The summed E-state index contributed by atoms with van der Waals surface area (Å²) in [7, 11) is 0. The fourth-order valence-electron chi connectivity index (χ4n) is 4.63. The van der Waals surface area contributed by atoms with Crippen LogP contribution in [-0.2, 0) is 23.3 Å². The molecule has 7 nitrogen and oxygen atoms in total. The van der Waals surface area contributed by atoms with Gasteiger partial charge in [0.05, 0.1) is 16.8 Å². The van der Waals surface area contributed by atoms with E-state index in [2.05, 4.69) is 41.3 Å². The fourth-order valence-corrected chi connectivity index (χ4v) is 4.63. The van der Waals surface area contributed by atoms with Crippen molar-refractivity contribution in [2.45, 2.75) is 71.9 Å². The zero-order valence-corrected chi connectivity index (χ0v) is 20.4. The number of nitrogens with one attached hydrogen (secondary N) is 2. The molecular formula is C26H33FN6O. The summed E-state index contributed by atoms with van der Waals surface area (Å²) < 4.78 is 17.2. The quantitative estimate of drug-likeness (QED) is 0.442. The maximum Gasteiger partial charge on any atom is 0.256 e. The molecule has 0 spiro atoms. The number of hydrogen-bond donors (Lipinski definition) is 2. The second-order valence-corrected chi connectivity index (χ2v) is 9.74. The second-order valence-electron chi connectivity index (χ2n) is 9.74. The highest BCUT2D eigenvalue weighted by Crippen LogP contribution is 2.41. The van der Waals surface area contributed by atoms with E-state index in [0.29, 0.717) is 35.0 Å². The van der Waals surface area contributed by atoms with Crippen LogP contribution in [0.3, 0.4) is 0 Å². The van der Waals surface area contributed by atoms with Crippen LogP contribution in [0.4, 0.5) is 4.39 Å². The van der Waals surface area contributed by atoms with E-state index in [0.717, 1.165) is 43.4 Å². The largest absolute Gasteiger partial charge is 0.342 e. The molecular weight excluding hydrogens is 431 g/mol. The predicted octanol–water partition coefficient (Wildman–Crippen LogP) is 4.88. The number of amides is 1. The topological polar surface area (TPSA) is 88.5 Å². The molecule has 1 aliphatic rings. The Kier molecular flexibility index (Phi) is 6.95. The summed E-state index contributed by atoms with van der Waals surface area (Å²) >= 11 is 0. The zero-order chi connectivity index (χ0) is 24.3. The number of rotatable bonds is 9. The van der Waals surface area contributed by atoms with E-state index in [9.17, 15) is 4.79 Å². The third-order valence-corrected chi connectivity index (χ3v) is 6.30. The van der Waals surface area contributed by atoms with E-state index in [4.69, 9.17) is 5.10 Å². The van der Waals surface area contributed by atoms with E-state index >= 15 is 4.39 Å². The summed E-state index contributed by atoms with van der Waals surface area (Å²) in [5.74, 6) is 0.176. The second kappa shape index (κ2) is 9.91. The molecule has 8 heteroatoms. The standard InChI is InChI=1S/C26H33FN6O/c1-5-6-7-8-18-9-10-20(21(27)13-18)26(4)14-19(22-11-12-33(32-22)15-17(2)3)23(25(34)30-26)24-28-16-29-31-24/h9-13,16-17H,5-8,14-15H2,1-4H3,(H,30,34)(H,28,29,31). The SMILES string of the molecule is CCCCCc1ccc(C2(C)CC(c3ccn(CC(C)C)n3)=C(c3ncn[nH]3)C(=O)N2)c(F)c1. The predicted molar refractivity (Wildman–Crippen MR) is 130 cm³/mol. The molecule has 0 fully saturated rings. The van der Waals surface area contributed by atoms with Gasteiger partial charge in [0, 0.05) is 24.7 Å². The lowest BCUT2D eigenvalue weighted by molar-refractivity contribution is -0.117. The average molecular weight is 465 g/mol. The molecule has 2 N–H and O–H groups in total. The van der Waals surface area contributed by atoms with Crippen molar-refractivity contribution >= 4 is 17.1 Å². The number of nitrogens with zero attached hydrogens (tertiary/aromatic N) is 4. The molecule has 1 aromatic carbocycles. The van der Waals surface area contributed by atoms with Gasteiger partial charge in [-0.1, -0.05) is 45.7 Å². The van der Waals surface area contributed by atoms with Gasteiger partial charge in [0.25, 0.3) is 5.91 Å². The van der Waals surface area contributed by atoms with Crippen molar-refractivity contribution < 1.29 is 9.18 Å². The molecule has 0 saturated heterocycles. The maximum atomic E-state index is 15.3. The first-order valence-corrected chi connectivity index (χ1v) is 12.0. The molecule has 1 unspecified atom stereocenters. The molecule has 34 heavy (non-hydrogen) atoms. The summed E-state index contributed by atoms with van der Waals surface area (Å²) in [5.41, 5.74) is 2.31. The van der Waals surface area contributed by atoms with E-state index < -0.39 is 5.54 Å². The van der Waals surface area contributed by atoms with Crippen LogP contribution in [-0.4, -0.2) is 30.9 Å². The van der Waals surface area contributed by atoms with Crippen LogP contribution in [0.1, 0.15) is 76.0 Å². The van der Waals surface area contributed by atoms with Gasteiger partial charge in [0.15, 0.2) is 5.82 Å². The Morgan fingerprint density at radius 2 is 2.06 bits per heavy atom. The van der Waals surface area contributed by atoms with Gasteiger partial charge in [-0.25, -0.2) is 9.37 Å². The van der Waals surface area contributed by atoms with Crippen molar-refractivity contribution in [3.63, 3.8) is 0 Å². The minimum Gasteiger partial charge on any atom is -0.342 e. The van der Waals surface area contributed by atoms with Crippen LogP contribution in [0.15, 0.2) is 36.8 Å². The van der Waals surface area contributed by atoms with Gasteiger partial charge < -0.3 is 5.32 Å². The first kappa shape index (κ1) is 23.9. The minimum absolute atomic E-state index is 0.301. The van der Waals surface area contributed by atoms with Crippen molar-refractivity contribution in [1.82, 2.24) is 30.3 Å². The molecule has 180 valence electrons. The first-order valence-electron chi connectivity index (χ1n) is 12.0. The smallest absolute Gasteiger partial charge is 0.256 e. The molecule has 1 amide bonds. The third kappa shape index (κ3) is 4.95. The normalized spacial score (nSPS) is 18.6. The highest BCUT2D eigenvalue weighted by atomic mass is 19.1. The monoisotopic (exact) mass is 464 g/mol. The fraction of sp³-hybridized carbons (Fsp3) is 0.462. The number of hydrogen-bond acceptors (Lipinski definition) is 4. The van der Waals surface area contributed by atoms with Gasteiger partial charge in [-0.05, 0) is 49.0 Å². The Hall–Kier alpha value is -3.29. The van der Waals surface area contributed by atoms with E-state index in [1.54, 1.807) is 6.07 Å². The third-order valence-electron chi connectivity index (χ3n) is 6.30. The van der Waals surface area contributed by atoms with Crippen LogP contribution in [0.5, 0.6) is 0 Å². The van der Waals surface area contributed by atoms with Crippen LogP contribution < -0.4 is 5.32 Å². The summed E-state index contributed by atoms with van der Waals surface area (Å²) in [6.45, 7) is 9.03. The van der Waals surface area contributed by atoms with Crippen molar-refractivity contribution in [2.75, 3.05) is 0 Å². The van der Waals surface area contributed by atoms with Crippen LogP contribution in [0.2, 0.25) is 0 Å². The van der Waals surface area contributed by atoms with Crippen molar-refractivity contribution in [3.8, 4) is 0 Å². The molecule has 3 heterocycles. The number of aromatic nitrogens is 5. The summed E-state index contributed by atoms with van der Waals surface area (Å²) in [4.78, 5) is 17.6. The Morgan fingerprint density at radius 1 is 1.24 bits per heavy atom. The van der Waals surface area contributed by atoms with E-state index in [1.807, 2.05) is 36.0 Å². The molecule has 0 bridgehead atoms. The number of unbranched alkanes of at least 4 members (excludes halogenated alkanes) is 2. The van der Waals surface area contributed by atoms with Gasteiger partial charge in [-0.2, -0.15) is 10.2 Å². The lowest BCUT2D eigenvalue weighted by atomic mass is 9.79. The average Bonchev–Trinajstić information content (AvgIpc) is 3.45. The van der Waals surface area contributed by atoms with Crippen LogP contribution in [0, 0.1) is 11.7 Å².